The first-order valence-electron chi connectivity index (χ1n) is 7.97. The topological polar surface area (TPSA) is 17.1 Å². The number of hydrogen-bond acceptors (Lipinski definition) is 1. The summed E-state index contributed by atoms with van der Waals surface area (Å²) in [6.07, 6.45) is 4.52. The van der Waals surface area contributed by atoms with Crippen molar-refractivity contribution in [3.8, 4) is 0 Å². The van der Waals surface area contributed by atoms with Gasteiger partial charge in [-0.3, -0.25) is 4.79 Å². The third kappa shape index (κ3) is 2.41. The first kappa shape index (κ1) is 14.8. The van der Waals surface area contributed by atoms with Crippen LogP contribution in [0.5, 0.6) is 0 Å². The maximum absolute atomic E-state index is 12.0. The minimum absolute atomic E-state index is 0.218. The molecule has 112 valence electrons. The van der Waals surface area contributed by atoms with E-state index in [2.05, 4.69) is 68.5 Å². The Kier molecular flexibility index (Phi) is 3.98. The molecule has 0 aromatic heterocycles. The first-order valence-corrected chi connectivity index (χ1v) is 7.97. The third-order valence-corrected chi connectivity index (χ3v) is 4.85. The van der Waals surface area contributed by atoms with Crippen molar-refractivity contribution in [2.75, 3.05) is 0 Å². The Bertz CT molecular complexity index is 628. The highest BCUT2D eigenvalue weighted by Gasteiger charge is 2.44. The molecule has 1 atom stereocenters. The molecule has 0 saturated heterocycles. The Morgan fingerprint density at radius 1 is 0.909 bits per heavy atom. The SMILES string of the molecule is CC(C)[C@H]1CC(=O)C=CC1(c1ccccc1)c1ccccc1. The molecule has 0 spiro atoms. The van der Waals surface area contributed by atoms with E-state index in [1.54, 1.807) is 6.08 Å². The zero-order valence-corrected chi connectivity index (χ0v) is 13.2. The van der Waals surface area contributed by atoms with Gasteiger partial charge in [-0.05, 0) is 29.0 Å². The van der Waals surface area contributed by atoms with E-state index < -0.39 is 0 Å². The molecule has 1 heteroatoms. The molecule has 0 unspecified atom stereocenters. The van der Waals surface area contributed by atoms with Gasteiger partial charge in [-0.2, -0.15) is 0 Å². The second-order valence-corrected chi connectivity index (χ2v) is 6.46. The average Bonchev–Trinajstić information content (AvgIpc) is 2.56. The van der Waals surface area contributed by atoms with E-state index in [9.17, 15) is 4.79 Å². The van der Waals surface area contributed by atoms with Gasteiger partial charge in [-0.15, -0.1) is 0 Å². The molecule has 1 aliphatic rings. The fraction of sp³-hybridized carbons (Fsp3) is 0.286. The summed E-state index contributed by atoms with van der Waals surface area (Å²) < 4.78 is 0. The maximum atomic E-state index is 12.0. The summed E-state index contributed by atoms with van der Waals surface area (Å²) in [5.74, 6) is 0.935. The maximum Gasteiger partial charge on any atom is 0.155 e. The molecule has 3 rings (SSSR count). The molecule has 0 heterocycles. The van der Waals surface area contributed by atoms with Gasteiger partial charge >= 0.3 is 0 Å². The molecule has 0 bridgehead atoms. The zero-order valence-electron chi connectivity index (χ0n) is 13.2. The number of carbonyl (C=O) groups is 1. The van der Waals surface area contributed by atoms with Crippen molar-refractivity contribution in [2.24, 2.45) is 11.8 Å². The van der Waals surface area contributed by atoms with Crippen molar-refractivity contribution in [3.05, 3.63) is 83.9 Å². The van der Waals surface area contributed by atoms with Crippen LogP contribution >= 0.6 is 0 Å². The van der Waals surface area contributed by atoms with E-state index in [1.165, 1.54) is 11.1 Å². The number of benzene rings is 2. The Morgan fingerprint density at radius 3 is 1.86 bits per heavy atom. The summed E-state index contributed by atoms with van der Waals surface area (Å²) in [5.41, 5.74) is 2.32. The fourth-order valence-electron chi connectivity index (χ4n) is 3.77. The molecule has 0 fully saturated rings. The largest absolute Gasteiger partial charge is 0.295 e. The van der Waals surface area contributed by atoms with Gasteiger partial charge in [-0.25, -0.2) is 0 Å². The van der Waals surface area contributed by atoms with Crippen LogP contribution in [0.3, 0.4) is 0 Å². The molecule has 1 aliphatic carbocycles. The number of rotatable bonds is 3. The van der Waals surface area contributed by atoms with Crippen LogP contribution in [0, 0.1) is 11.8 Å². The lowest BCUT2D eigenvalue weighted by Crippen LogP contribution is -2.41. The summed E-state index contributed by atoms with van der Waals surface area (Å²) in [7, 11) is 0. The van der Waals surface area contributed by atoms with Crippen LogP contribution in [0.2, 0.25) is 0 Å². The van der Waals surface area contributed by atoms with E-state index in [4.69, 9.17) is 0 Å². The van der Waals surface area contributed by atoms with Crippen molar-refractivity contribution in [3.63, 3.8) is 0 Å². The molecule has 0 saturated carbocycles. The van der Waals surface area contributed by atoms with Crippen LogP contribution in [0.4, 0.5) is 0 Å². The molecule has 0 amide bonds. The van der Waals surface area contributed by atoms with Crippen molar-refractivity contribution < 1.29 is 4.79 Å². The lowest BCUT2D eigenvalue weighted by atomic mass is 9.59. The molecule has 2 aromatic rings. The molecular formula is C21H22O. The van der Waals surface area contributed by atoms with Crippen molar-refractivity contribution in [1.82, 2.24) is 0 Å². The highest BCUT2D eigenvalue weighted by Crippen LogP contribution is 2.47. The highest BCUT2D eigenvalue weighted by atomic mass is 16.1. The highest BCUT2D eigenvalue weighted by molar-refractivity contribution is 5.92. The summed E-state index contributed by atoms with van der Waals surface area (Å²) in [6, 6.07) is 21.2. The molecule has 0 radical (unpaired) electrons. The van der Waals surface area contributed by atoms with Gasteiger partial charge in [0.25, 0.3) is 0 Å². The van der Waals surface area contributed by atoms with Crippen molar-refractivity contribution in [2.45, 2.75) is 25.7 Å². The summed E-state index contributed by atoms with van der Waals surface area (Å²) in [4.78, 5) is 12.0. The Balaban J connectivity index is 2.27. The van der Waals surface area contributed by atoms with Crippen LogP contribution in [0.1, 0.15) is 31.4 Å². The molecule has 1 nitrogen and oxygen atoms in total. The van der Waals surface area contributed by atoms with Crippen LogP contribution in [-0.4, -0.2) is 5.78 Å². The fourth-order valence-corrected chi connectivity index (χ4v) is 3.77. The normalized spacial score (nSPS) is 20.3. The monoisotopic (exact) mass is 290 g/mol. The van der Waals surface area contributed by atoms with E-state index >= 15 is 0 Å². The predicted octanol–water partition coefficient (Wildman–Crippen LogP) is 4.77. The van der Waals surface area contributed by atoms with E-state index in [0.29, 0.717) is 12.3 Å². The minimum atomic E-state index is -0.218. The third-order valence-electron chi connectivity index (χ3n) is 4.85. The standard InChI is InChI=1S/C21H22O/c1-16(2)20-15-19(22)13-14-21(20,17-9-5-3-6-10-17)18-11-7-4-8-12-18/h3-14,16,20H,15H2,1-2H3/t20-/m1/s1. The van der Waals surface area contributed by atoms with Crippen LogP contribution in [0.15, 0.2) is 72.8 Å². The number of carbonyl (C=O) groups excluding carboxylic acids is 1. The quantitative estimate of drug-likeness (QED) is 0.795. The molecule has 2 aromatic carbocycles. The van der Waals surface area contributed by atoms with E-state index in [-0.39, 0.29) is 17.1 Å². The van der Waals surface area contributed by atoms with Gasteiger partial charge in [0.1, 0.15) is 0 Å². The van der Waals surface area contributed by atoms with Crippen LogP contribution < -0.4 is 0 Å². The van der Waals surface area contributed by atoms with Crippen molar-refractivity contribution >= 4 is 5.78 Å². The Morgan fingerprint density at radius 2 is 1.41 bits per heavy atom. The average molecular weight is 290 g/mol. The molecule has 22 heavy (non-hydrogen) atoms. The smallest absolute Gasteiger partial charge is 0.155 e. The van der Waals surface area contributed by atoms with Gasteiger partial charge in [0.2, 0.25) is 0 Å². The Hall–Kier alpha value is -2.15. The number of allylic oxidation sites excluding steroid dienone is 2. The molecule has 0 aliphatic heterocycles. The van der Waals surface area contributed by atoms with Gasteiger partial charge in [0, 0.05) is 11.8 Å². The number of hydrogen-bond donors (Lipinski definition) is 0. The zero-order chi connectivity index (χ0) is 15.6. The number of ketones is 1. The molecular weight excluding hydrogens is 268 g/mol. The van der Waals surface area contributed by atoms with Gasteiger partial charge < -0.3 is 0 Å². The van der Waals surface area contributed by atoms with Gasteiger partial charge in [0.15, 0.2) is 5.78 Å². The van der Waals surface area contributed by atoms with Gasteiger partial charge in [-0.1, -0.05) is 80.6 Å². The second kappa shape index (κ2) is 5.92. The second-order valence-electron chi connectivity index (χ2n) is 6.46. The van der Waals surface area contributed by atoms with Crippen LogP contribution in [-0.2, 0) is 10.2 Å². The lowest BCUT2D eigenvalue weighted by Gasteiger charge is -2.43. The van der Waals surface area contributed by atoms with Crippen LogP contribution in [0.25, 0.3) is 0 Å². The minimum Gasteiger partial charge on any atom is -0.295 e. The summed E-state index contributed by atoms with van der Waals surface area (Å²) in [6.45, 7) is 4.44. The summed E-state index contributed by atoms with van der Waals surface area (Å²) >= 11 is 0. The lowest BCUT2D eigenvalue weighted by molar-refractivity contribution is -0.116. The predicted molar refractivity (Wildman–Crippen MR) is 90.8 cm³/mol. The van der Waals surface area contributed by atoms with E-state index in [1.807, 2.05) is 12.1 Å². The van der Waals surface area contributed by atoms with Crippen molar-refractivity contribution in [1.29, 1.82) is 0 Å². The summed E-state index contributed by atoms with van der Waals surface area (Å²) in [5, 5.41) is 0. The van der Waals surface area contributed by atoms with Gasteiger partial charge in [0.05, 0.1) is 0 Å². The molecule has 0 N–H and O–H groups in total. The first-order chi connectivity index (χ1) is 10.6. The van der Waals surface area contributed by atoms with E-state index in [0.717, 1.165) is 0 Å². The Labute approximate surface area is 132 Å².